The molecule has 0 saturated heterocycles. The minimum atomic E-state index is -0.508. The maximum absolute atomic E-state index is 13.0. The summed E-state index contributed by atoms with van der Waals surface area (Å²) < 4.78 is 16.1. The molecule has 0 aliphatic carbocycles. The molecule has 0 saturated carbocycles. The van der Waals surface area contributed by atoms with E-state index in [1.54, 1.807) is 36.7 Å². The topological polar surface area (TPSA) is 80.6 Å². The molecule has 130 valence electrons. The largest absolute Gasteiger partial charge is 0.463 e. The Labute approximate surface area is 148 Å². The molecule has 4 heterocycles. The zero-order valence-electron chi connectivity index (χ0n) is 13.8. The number of nitrogens with one attached hydrogen (secondary N) is 1. The van der Waals surface area contributed by atoms with E-state index in [2.05, 4.69) is 10.2 Å². The Bertz CT molecular complexity index is 853. The van der Waals surface area contributed by atoms with Crippen LogP contribution < -0.4 is 0 Å². The van der Waals surface area contributed by atoms with E-state index in [4.69, 9.17) is 13.9 Å². The molecule has 0 radical (unpaired) electrons. The number of rotatable bonds is 6. The highest BCUT2D eigenvalue weighted by atomic mass is 32.1. The van der Waals surface area contributed by atoms with Gasteiger partial charge in [0.2, 0.25) is 0 Å². The van der Waals surface area contributed by atoms with Crippen LogP contribution in [-0.4, -0.2) is 48.1 Å². The fourth-order valence-corrected chi connectivity index (χ4v) is 3.98. The summed E-state index contributed by atoms with van der Waals surface area (Å²) in [5.74, 6) is 0.501. The quantitative estimate of drug-likeness (QED) is 0.685. The van der Waals surface area contributed by atoms with Crippen molar-refractivity contribution in [3.05, 3.63) is 52.0 Å². The van der Waals surface area contributed by atoms with Crippen molar-refractivity contribution in [3.8, 4) is 11.5 Å². The number of amides is 1. The third-order valence-electron chi connectivity index (χ3n) is 4.30. The minimum Gasteiger partial charge on any atom is -0.463 e. The molecule has 1 aliphatic heterocycles. The number of furan rings is 1. The monoisotopic (exact) mass is 359 g/mol. The van der Waals surface area contributed by atoms with E-state index in [1.165, 1.54) is 0 Å². The van der Waals surface area contributed by atoms with Crippen LogP contribution in [0.4, 0.5) is 0 Å². The molecule has 3 aromatic rings. The summed E-state index contributed by atoms with van der Waals surface area (Å²) in [5, 5.41) is 9.20. The third kappa shape index (κ3) is 2.58. The molecule has 1 unspecified atom stereocenters. The van der Waals surface area contributed by atoms with Gasteiger partial charge < -0.3 is 18.8 Å². The van der Waals surface area contributed by atoms with Gasteiger partial charge in [0.25, 0.3) is 5.91 Å². The van der Waals surface area contributed by atoms with Crippen molar-refractivity contribution in [1.29, 1.82) is 0 Å². The summed E-state index contributed by atoms with van der Waals surface area (Å²) in [7, 11) is 3.12. The number of nitrogens with zero attached hydrogens (tertiary/aromatic N) is 2. The molecule has 1 atom stereocenters. The Hall–Kier alpha value is -2.42. The number of carbonyl (C=O) groups excluding carboxylic acids is 1. The second-order valence-electron chi connectivity index (χ2n) is 5.61. The van der Waals surface area contributed by atoms with Gasteiger partial charge in [0, 0.05) is 24.7 Å². The molecule has 0 bridgehead atoms. The van der Waals surface area contributed by atoms with Gasteiger partial charge in [0.15, 0.2) is 17.7 Å². The van der Waals surface area contributed by atoms with Crippen molar-refractivity contribution < 1.29 is 18.7 Å². The summed E-state index contributed by atoms with van der Waals surface area (Å²) in [5.41, 5.74) is 1.96. The zero-order chi connectivity index (χ0) is 17.4. The van der Waals surface area contributed by atoms with Crippen LogP contribution in [0.25, 0.3) is 11.5 Å². The molecular formula is C17H17N3O4S. The molecule has 25 heavy (non-hydrogen) atoms. The van der Waals surface area contributed by atoms with Crippen molar-refractivity contribution >= 4 is 17.2 Å². The lowest BCUT2D eigenvalue weighted by Crippen LogP contribution is -2.37. The van der Waals surface area contributed by atoms with Crippen LogP contribution >= 0.6 is 11.3 Å². The first-order valence-electron chi connectivity index (χ1n) is 7.76. The van der Waals surface area contributed by atoms with E-state index >= 15 is 0 Å². The van der Waals surface area contributed by atoms with E-state index < -0.39 is 6.29 Å². The fraction of sp³-hybridized carbons (Fsp3) is 0.294. The van der Waals surface area contributed by atoms with Gasteiger partial charge in [0.1, 0.15) is 5.69 Å². The van der Waals surface area contributed by atoms with Crippen LogP contribution in [0.15, 0.2) is 40.3 Å². The van der Waals surface area contributed by atoms with E-state index in [1.807, 2.05) is 29.6 Å². The summed E-state index contributed by atoms with van der Waals surface area (Å²) in [6.45, 7) is 0.308. The predicted molar refractivity (Wildman–Crippen MR) is 91.3 cm³/mol. The minimum absolute atomic E-state index is 0.151. The van der Waals surface area contributed by atoms with Crippen molar-refractivity contribution in [2.75, 3.05) is 20.8 Å². The van der Waals surface area contributed by atoms with Gasteiger partial charge in [-0.25, -0.2) is 0 Å². The summed E-state index contributed by atoms with van der Waals surface area (Å²) in [4.78, 5) is 15.7. The van der Waals surface area contributed by atoms with Gasteiger partial charge in [-0.15, -0.1) is 11.3 Å². The second-order valence-corrected chi connectivity index (χ2v) is 6.59. The number of methoxy groups -OCH3 is 2. The maximum Gasteiger partial charge on any atom is 0.275 e. The summed E-state index contributed by atoms with van der Waals surface area (Å²) in [6.07, 6.45) is 1.09. The highest BCUT2D eigenvalue weighted by Crippen LogP contribution is 2.44. The van der Waals surface area contributed by atoms with Crippen molar-refractivity contribution in [1.82, 2.24) is 15.1 Å². The molecule has 1 N–H and O–H groups in total. The first-order chi connectivity index (χ1) is 12.2. The van der Waals surface area contributed by atoms with E-state index in [0.717, 1.165) is 16.1 Å². The van der Waals surface area contributed by atoms with Gasteiger partial charge in [-0.1, -0.05) is 6.07 Å². The zero-order valence-corrected chi connectivity index (χ0v) is 14.6. The molecule has 0 aromatic carbocycles. The number of aromatic nitrogens is 2. The Morgan fingerprint density at radius 2 is 2.20 bits per heavy atom. The van der Waals surface area contributed by atoms with Crippen molar-refractivity contribution in [3.63, 3.8) is 0 Å². The predicted octanol–water partition coefficient (Wildman–Crippen LogP) is 2.90. The molecule has 8 heteroatoms. The van der Waals surface area contributed by atoms with Crippen molar-refractivity contribution in [2.45, 2.75) is 12.3 Å². The molecule has 1 amide bonds. The number of hydrogen-bond donors (Lipinski definition) is 1. The van der Waals surface area contributed by atoms with Gasteiger partial charge in [0.05, 0.1) is 18.8 Å². The highest BCUT2D eigenvalue weighted by Gasteiger charge is 2.44. The molecule has 0 spiro atoms. The SMILES string of the molecule is COC(CN1C(=O)c2n[nH]c(-c3ccco3)c2C1c1cccs1)OC. The fourth-order valence-electron chi connectivity index (χ4n) is 3.13. The number of aromatic amines is 1. The molecular weight excluding hydrogens is 342 g/mol. The lowest BCUT2D eigenvalue weighted by Gasteiger charge is -2.28. The second kappa shape index (κ2) is 6.47. The summed E-state index contributed by atoms with van der Waals surface area (Å²) >= 11 is 1.59. The molecule has 0 fully saturated rings. The molecule has 3 aromatic heterocycles. The van der Waals surface area contributed by atoms with Crippen LogP contribution in [0.2, 0.25) is 0 Å². The Balaban J connectivity index is 1.81. The molecule has 7 nitrogen and oxygen atoms in total. The summed E-state index contributed by atoms with van der Waals surface area (Å²) in [6, 6.07) is 7.38. The van der Waals surface area contributed by atoms with Crippen LogP contribution in [0.1, 0.15) is 27.0 Å². The maximum atomic E-state index is 13.0. The number of ether oxygens (including phenoxy) is 2. The van der Waals surface area contributed by atoms with Crippen LogP contribution in [0.5, 0.6) is 0 Å². The van der Waals surface area contributed by atoms with Gasteiger partial charge in [-0.3, -0.25) is 9.89 Å². The van der Waals surface area contributed by atoms with Gasteiger partial charge >= 0.3 is 0 Å². The number of H-pyrrole nitrogens is 1. The normalized spacial score (nSPS) is 16.8. The first-order valence-corrected chi connectivity index (χ1v) is 8.64. The Kier molecular flexibility index (Phi) is 4.16. The van der Waals surface area contributed by atoms with E-state index in [9.17, 15) is 4.79 Å². The smallest absolute Gasteiger partial charge is 0.275 e. The standard InChI is InChI=1S/C17H17N3O4S/c1-22-12(23-2)9-20-16(11-6-4-8-25-11)13-14(10-5-3-7-24-10)18-19-15(13)17(20)21/h3-8,12,16H,9H2,1-2H3,(H,18,19). The van der Waals surface area contributed by atoms with E-state index in [-0.39, 0.29) is 11.9 Å². The van der Waals surface area contributed by atoms with Crippen LogP contribution in [0.3, 0.4) is 0 Å². The number of carbonyl (C=O) groups is 1. The molecule has 1 aliphatic rings. The van der Waals surface area contributed by atoms with Crippen LogP contribution in [0, 0.1) is 0 Å². The van der Waals surface area contributed by atoms with E-state index in [0.29, 0.717) is 18.0 Å². The highest BCUT2D eigenvalue weighted by molar-refractivity contribution is 7.10. The number of fused-ring (bicyclic) bond motifs is 1. The average molecular weight is 359 g/mol. The van der Waals surface area contributed by atoms with Gasteiger partial charge in [-0.05, 0) is 23.6 Å². The number of hydrogen-bond acceptors (Lipinski definition) is 6. The third-order valence-corrected chi connectivity index (χ3v) is 5.23. The average Bonchev–Trinajstić information content (AvgIpc) is 3.40. The van der Waals surface area contributed by atoms with Gasteiger partial charge in [-0.2, -0.15) is 5.10 Å². The Morgan fingerprint density at radius 1 is 1.36 bits per heavy atom. The van der Waals surface area contributed by atoms with Crippen molar-refractivity contribution in [2.24, 2.45) is 0 Å². The van der Waals surface area contributed by atoms with Crippen LogP contribution in [-0.2, 0) is 9.47 Å². The molecule has 4 rings (SSSR count). The Morgan fingerprint density at radius 3 is 2.84 bits per heavy atom. The number of thiophene rings is 1. The lowest BCUT2D eigenvalue weighted by molar-refractivity contribution is -0.113. The first kappa shape index (κ1) is 16.1. The lowest BCUT2D eigenvalue weighted by atomic mass is 10.0.